The monoisotopic (exact) mass is 353 g/mol. The van der Waals surface area contributed by atoms with Crippen molar-refractivity contribution in [3.8, 4) is 5.75 Å². The van der Waals surface area contributed by atoms with E-state index in [-0.39, 0.29) is 9.92 Å². The molecule has 0 atom stereocenters. The maximum atomic E-state index is 12.7. The summed E-state index contributed by atoms with van der Waals surface area (Å²) in [6, 6.07) is 10.2. The molecule has 0 radical (unpaired) electrons. The molecule has 2 rings (SSSR count). The van der Waals surface area contributed by atoms with Gasteiger partial charge in [-0.05, 0) is 42.2 Å². The Morgan fingerprint density at radius 3 is 2.17 bits per heavy atom. The summed E-state index contributed by atoms with van der Waals surface area (Å²) >= 11 is 6.04. The van der Waals surface area contributed by atoms with Crippen molar-refractivity contribution in [1.29, 1.82) is 0 Å². The molecule has 0 aliphatic carbocycles. The highest BCUT2D eigenvalue weighted by Gasteiger charge is 2.19. The summed E-state index contributed by atoms with van der Waals surface area (Å²) in [7, 11) is -2.23. The molecule has 124 valence electrons. The number of aryl methyl sites for hydroxylation is 2. The third-order valence-electron chi connectivity index (χ3n) is 3.67. The van der Waals surface area contributed by atoms with E-state index in [1.807, 2.05) is 32.0 Å². The van der Waals surface area contributed by atoms with Crippen LogP contribution in [-0.2, 0) is 22.9 Å². The predicted octanol–water partition coefficient (Wildman–Crippen LogP) is 4.27. The van der Waals surface area contributed by atoms with Gasteiger partial charge in [-0.2, -0.15) is 0 Å². The molecule has 0 aromatic heterocycles. The molecule has 0 amide bonds. The maximum Gasteiger partial charge on any atom is 0.261 e. The minimum Gasteiger partial charge on any atom is -0.495 e. The zero-order valence-corrected chi connectivity index (χ0v) is 15.0. The van der Waals surface area contributed by atoms with Crippen LogP contribution in [0.5, 0.6) is 5.75 Å². The van der Waals surface area contributed by atoms with E-state index >= 15 is 0 Å². The molecule has 0 saturated heterocycles. The third kappa shape index (κ3) is 3.79. The molecule has 0 spiro atoms. The van der Waals surface area contributed by atoms with Gasteiger partial charge >= 0.3 is 0 Å². The lowest BCUT2D eigenvalue weighted by molar-refractivity contribution is 0.414. The van der Waals surface area contributed by atoms with Crippen LogP contribution in [0.3, 0.4) is 0 Å². The summed E-state index contributed by atoms with van der Waals surface area (Å²) in [6.45, 7) is 3.99. The largest absolute Gasteiger partial charge is 0.495 e. The first-order valence-corrected chi connectivity index (χ1v) is 9.26. The van der Waals surface area contributed by atoms with Crippen molar-refractivity contribution < 1.29 is 13.2 Å². The van der Waals surface area contributed by atoms with E-state index in [2.05, 4.69) is 4.72 Å². The number of rotatable bonds is 6. The fraction of sp³-hybridized carbons (Fsp3) is 0.294. The van der Waals surface area contributed by atoms with Gasteiger partial charge in [-0.25, -0.2) is 8.42 Å². The smallest absolute Gasteiger partial charge is 0.261 e. The summed E-state index contributed by atoms with van der Waals surface area (Å²) in [5, 5.41) is 0.259. The quantitative estimate of drug-likeness (QED) is 0.843. The first kappa shape index (κ1) is 17.6. The first-order chi connectivity index (χ1) is 10.9. The van der Waals surface area contributed by atoms with Crippen LogP contribution in [-0.4, -0.2) is 15.5 Å². The van der Waals surface area contributed by atoms with Gasteiger partial charge in [0.15, 0.2) is 0 Å². The van der Waals surface area contributed by atoms with Crippen molar-refractivity contribution in [2.75, 3.05) is 11.8 Å². The van der Waals surface area contributed by atoms with Gasteiger partial charge in [0.05, 0.1) is 22.7 Å². The van der Waals surface area contributed by atoms with Crippen LogP contribution in [0.15, 0.2) is 41.3 Å². The SMILES string of the molecule is CCc1cccc(CC)c1NS(=O)(=O)c1ccc(OC)c(Cl)c1. The van der Waals surface area contributed by atoms with Crippen LogP contribution in [0.25, 0.3) is 0 Å². The molecule has 0 bridgehead atoms. The Hall–Kier alpha value is -1.72. The van der Waals surface area contributed by atoms with E-state index < -0.39 is 10.0 Å². The summed E-state index contributed by atoms with van der Waals surface area (Å²) in [5.74, 6) is 0.439. The van der Waals surface area contributed by atoms with Gasteiger partial charge in [0.2, 0.25) is 0 Å². The zero-order chi connectivity index (χ0) is 17.0. The van der Waals surface area contributed by atoms with Gasteiger partial charge in [-0.15, -0.1) is 0 Å². The second-order valence-electron chi connectivity index (χ2n) is 5.06. The maximum absolute atomic E-state index is 12.7. The van der Waals surface area contributed by atoms with Gasteiger partial charge in [0.25, 0.3) is 10.0 Å². The Morgan fingerprint density at radius 2 is 1.70 bits per heavy atom. The highest BCUT2D eigenvalue weighted by Crippen LogP contribution is 2.30. The lowest BCUT2D eigenvalue weighted by Gasteiger charge is -2.16. The fourth-order valence-electron chi connectivity index (χ4n) is 2.38. The first-order valence-electron chi connectivity index (χ1n) is 7.40. The van der Waals surface area contributed by atoms with E-state index in [0.29, 0.717) is 11.4 Å². The van der Waals surface area contributed by atoms with Crippen LogP contribution in [0.4, 0.5) is 5.69 Å². The minimum absolute atomic E-state index is 0.108. The molecule has 23 heavy (non-hydrogen) atoms. The lowest BCUT2D eigenvalue weighted by Crippen LogP contribution is -2.15. The summed E-state index contributed by atoms with van der Waals surface area (Å²) < 4.78 is 33.1. The van der Waals surface area contributed by atoms with Crippen molar-refractivity contribution in [1.82, 2.24) is 0 Å². The van der Waals surface area contributed by atoms with Crippen molar-refractivity contribution >= 4 is 27.3 Å². The Bertz CT molecular complexity index is 781. The minimum atomic E-state index is -3.72. The lowest BCUT2D eigenvalue weighted by atomic mass is 10.0. The molecule has 0 aliphatic rings. The molecule has 0 heterocycles. The number of sulfonamides is 1. The standard InChI is InChI=1S/C17H20ClNO3S/c1-4-12-7-6-8-13(5-2)17(12)19-23(20,21)14-9-10-16(22-3)15(18)11-14/h6-11,19H,4-5H2,1-3H3. The van der Waals surface area contributed by atoms with Gasteiger partial charge in [0, 0.05) is 0 Å². The topological polar surface area (TPSA) is 55.4 Å². The van der Waals surface area contributed by atoms with Gasteiger partial charge in [-0.3, -0.25) is 4.72 Å². The number of anilines is 1. The Balaban J connectivity index is 2.45. The highest BCUT2D eigenvalue weighted by atomic mass is 35.5. The van der Waals surface area contributed by atoms with Crippen LogP contribution >= 0.6 is 11.6 Å². The molecule has 4 nitrogen and oxygen atoms in total. The Kier molecular flexibility index (Phi) is 5.55. The van der Waals surface area contributed by atoms with E-state index in [9.17, 15) is 8.42 Å². The molecular formula is C17H20ClNO3S. The summed E-state index contributed by atoms with van der Waals surface area (Å²) in [6.07, 6.45) is 1.49. The number of halogens is 1. The number of methoxy groups -OCH3 is 1. The molecule has 0 saturated carbocycles. The summed E-state index contributed by atoms with van der Waals surface area (Å²) in [4.78, 5) is 0.108. The number of benzene rings is 2. The average Bonchev–Trinajstić information content (AvgIpc) is 2.54. The Morgan fingerprint density at radius 1 is 1.09 bits per heavy atom. The number of nitrogens with one attached hydrogen (secondary N) is 1. The van der Waals surface area contributed by atoms with Crippen molar-refractivity contribution in [3.05, 3.63) is 52.5 Å². The number of hydrogen-bond acceptors (Lipinski definition) is 3. The summed E-state index contributed by atoms with van der Waals surface area (Å²) in [5.41, 5.74) is 2.59. The second kappa shape index (κ2) is 7.23. The molecule has 6 heteroatoms. The number of ether oxygens (including phenoxy) is 1. The number of para-hydroxylation sites is 1. The van der Waals surface area contributed by atoms with Gasteiger partial charge < -0.3 is 4.74 Å². The highest BCUT2D eigenvalue weighted by molar-refractivity contribution is 7.92. The van der Waals surface area contributed by atoms with Crippen molar-refractivity contribution in [2.45, 2.75) is 31.6 Å². The molecule has 0 unspecified atom stereocenters. The van der Waals surface area contributed by atoms with Crippen molar-refractivity contribution in [3.63, 3.8) is 0 Å². The molecule has 0 fully saturated rings. The van der Waals surface area contributed by atoms with Crippen LogP contribution < -0.4 is 9.46 Å². The van der Waals surface area contributed by atoms with E-state index in [0.717, 1.165) is 24.0 Å². The zero-order valence-electron chi connectivity index (χ0n) is 13.4. The van der Waals surface area contributed by atoms with Crippen LogP contribution in [0.2, 0.25) is 5.02 Å². The van der Waals surface area contributed by atoms with Gasteiger partial charge in [0.1, 0.15) is 5.75 Å². The number of hydrogen-bond donors (Lipinski definition) is 1. The molecular weight excluding hydrogens is 334 g/mol. The van der Waals surface area contributed by atoms with E-state index in [1.54, 1.807) is 6.07 Å². The van der Waals surface area contributed by atoms with Crippen molar-refractivity contribution in [2.24, 2.45) is 0 Å². The molecule has 2 aromatic carbocycles. The second-order valence-corrected chi connectivity index (χ2v) is 7.15. The van der Waals surface area contributed by atoms with E-state index in [1.165, 1.54) is 19.2 Å². The van der Waals surface area contributed by atoms with Crippen LogP contribution in [0.1, 0.15) is 25.0 Å². The fourth-order valence-corrected chi connectivity index (χ4v) is 3.87. The Labute approximate surface area is 142 Å². The van der Waals surface area contributed by atoms with Crippen LogP contribution in [0, 0.1) is 0 Å². The normalized spacial score (nSPS) is 11.3. The predicted molar refractivity (Wildman–Crippen MR) is 94.0 cm³/mol. The molecule has 2 aromatic rings. The molecule has 1 N–H and O–H groups in total. The van der Waals surface area contributed by atoms with E-state index in [4.69, 9.17) is 16.3 Å². The average molecular weight is 354 g/mol. The van der Waals surface area contributed by atoms with Gasteiger partial charge in [-0.1, -0.05) is 43.6 Å². The third-order valence-corrected chi connectivity index (χ3v) is 5.31. The molecule has 0 aliphatic heterocycles.